The van der Waals surface area contributed by atoms with Crippen molar-refractivity contribution in [2.24, 2.45) is 5.84 Å². The van der Waals surface area contributed by atoms with Gasteiger partial charge in [-0.2, -0.15) is 0 Å². The van der Waals surface area contributed by atoms with Gasteiger partial charge in [-0.15, -0.1) is 0 Å². The summed E-state index contributed by atoms with van der Waals surface area (Å²) in [5.74, 6) is 4.84. The average Bonchev–Trinajstić information content (AvgIpc) is 2.09. The first kappa shape index (κ1) is 9.74. The van der Waals surface area contributed by atoms with Gasteiger partial charge in [-0.1, -0.05) is 23.8 Å². The summed E-state index contributed by atoms with van der Waals surface area (Å²) in [6.45, 7) is 4.02. The molecular formula is C10H14N2O. The van der Waals surface area contributed by atoms with Gasteiger partial charge in [0.2, 0.25) is 5.91 Å². The molecule has 70 valence electrons. The second-order valence-electron chi connectivity index (χ2n) is 3.17. The minimum Gasteiger partial charge on any atom is -0.294 e. The third-order valence-electron chi connectivity index (χ3n) is 2.01. The number of hydrogen-bond donors (Lipinski definition) is 2. The van der Waals surface area contributed by atoms with E-state index in [4.69, 9.17) is 5.84 Å². The molecule has 0 aliphatic heterocycles. The predicted octanol–water partition coefficient (Wildman–Crippen LogP) is 0.836. The Balaban J connectivity index is 2.83. The van der Waals surface area contributed by atoms with Crippen LogP contribution in [-0.2, 0) is 11.2 Å². The highest BCUT2D eigenvalue weighted by Crippen LogP contribution is 2.10. The molecule has 3 heteroatoms. The van der Waals surface area contributed by atoms with Crippen LogP contribution in [0, 0.1) is 13.8 Å². The van der Waals surface area contributed by atoms with Gasteiger partial charge in [-0.25, -0.2) is 5.84 Å². The molecule has 3 N–H and O–H groups in total. The SMILES string of the molecule is Cc1ccc(CC(=O)NN)c(C)c1. The summed E-state index contributed by atoms with van der Waals surface area (Å²) in [7, 11) is 0. The van der Waals surface area contributed by atoms with E-state index in [1.165, 1.54) is 5.56 Å². The minimum atomic E-state index is -0.160. The quantitative estimate of drug-likeness (QED) is 0.400. The van der Waals surface area contributed by atoms with Crippen LogP contribution in [0.15, 0.2) is 18.2 Å². The largest absolute Gasteiger partial charge is 0.294 e. The smallest absolute Gasteiger partial charge is 0.238 e. The van der Waals surface area contributed by atoms with E-state index in [0.29, 0.717) is 6.42 Å². The summed E-state index contributed by atoms with van der Waals surface area (Å²) in [6.07, 6.45) is 0.350. The summed E-state index contributed by atoms with van der Waals surface area (Å²) in [4.78, 5) is 11.0. The van der Waals surface area contributed by atoms with Crippen LogP contribution in [0.3, 0.4) is 0 Å². The first-order chi connectivity index (χ1) is 6.13. The van der Waals surface area contributed by atoms with E-state index < -0.39 is 0 Å². The highest BCUT2D eigenvalue weighted by molar-refractivity contribution is 5.78. The van der Waals surface area contributed by atoms with Crippen molar-refractivity contribution in [3.8, 4) is 0 Å². The lowest BCUT2D eigenvalue weighted by atomic mass is 10.0. The monoisotopic (exact) mass is 178 g/mol. The summed E-state index contributed by atoms with van der Waals surface area (Å²) in [6, 6.07) is 6.01. The first-order valence-electron chi connectivity index (χ1n) is 4.19. The predicted molar refractivity (Wildman–Crippen MR) is 52.0 cm³/mol. The molecular weight excluding hydrogens is 164 g/mol. The fourth-order valence-electron chi connectivity index (χ4n) is 1.27. The average molecular weight is 178 g/mol. The molecule has 0 spiro atoms. The van der Waals surface area contributed by atoms with Crippen LogP contribution >= 0.6 is 0 Å². The van der Waals surface area contributed by atoms with Crippen LogP contribution in [0.25, 0.3) is 0 Å². The number of hydrogen-bond acceptors (Lipinski definition) is 2. The van der Waals surface area contributed by atoms with Crippen LogP contribution in [0.2, 0.25) is 0 Å². The molecule has 0 unspecified atom stereocenters. The molecule has 0 bridgehead atoms. The van der Waals surface area contributed by atoms with Gasteiger partial charge in [0.15, 0.2) is 0 Å². The van der Waals surface area contributed by atoms with Crippen molar-refractivity contribution in [3.63, 3.8) is 0 Å². The standard InChI is InChI=1S/C10H14N2O/c1-7-3-4-9(8(2)5-7)6-10(13)12-11/h3-5H,6,11H2,1-2H3,(H,12,13). The van der Waals surface area contributed by atoms with Gasteiger partial charge in [0.05, 0.1) is 6.42 Å². The molecule has 1 aromatic rings. The molecule has 0 aliphatic carbocycles. The van der Waals surface area contributed by atoms with Crippen LogP contribution in [-0.4, -0.2) is 5.91 Å². The lowest BCUT2D eigenvalue weighted by Gasteiger charge is -2.05. The Hall–Kier alpha value is -1.35. The summed E-state index contributed by atoms with van der Waals surface area (Å²) >= 11 is 0. The molecule has 0 atom stereocenters. The van der Waals surface area contributed by atoms with Gasteiger partial charge in [-0.3, -0.25) is 10.2 Å². The van der Waals surface area contributed by atoms with Gasteiger partial charge >= 0.3 is 0 Å². The van der Waals surface area contributed by atoms with E-state index >= 15 is 0 Å². The third kappa shape index (κ3) is 2.56. The van der Waals surface area contributed by atoms with Crippen molar-refractivity contribution in [2.75, 3.05) is 0 Å². The Morgan fingerprint density at radius 3 is 2.69 bits per heavy atom. The van der Waals surface area contributed by atoms with Gasteiger partial charge in [-0.05, 0) is 25.0 Å². The molecule has 1 aromatic carbocycles. The van der Waals surface area contributed by atoms with Crippen molar-refractivity contribution < 1.29 is 4.79 Å². The van der Waals surface area contributed by atoms with Crippen molar-refractivity contribution in [2.45, 2.75) is 20.3 Å². The van der Waals surface area contributed by atoms with Gasteiger partial charge < -0.3 is 0 Å². The second kappa shape index (κ2) is 4.05. The molecule has 3 nitrogen and oxygen atoms in total. The number of nitrogens with one attached hydrogen (secondary N) is 1. The molecule has 0 saturated heterocycles. The van der Waals surface area contributed by atoms with Crippen LogP contribution in [0.4, 0.5) is 0 Å². The Labute approximate surface area is 77.9 Å². The van der Waals surface area contributed by atoms with Gasteiger partial charge in [0, 0.05) is 0 Å². The Morgan fingerprint density at radius 2 is 2.15 bits per heavy atom. The summed E-state index contributed by atoms with van der Waals surface area (Å²) in [5.41, 5.74) is 5.47. The van der Waals surface area contributed by atoms with E-state index in [1.54, 1.807) is 0 Å². The Bertz CT molecular complexity index is 321. The number of benzene rings is 1. The topological polar surface area (TPSA) is 55.1 Å². The molecule has 0 aromatic heterocycles. The molecule has 13 heavy (non-hydrogen) atoms. The zero-order valence-corrected chi connectivity index (χ0v) is 7.92. The Morgan fingerprint density at radius 1 is 1.46 bits per heavy atom. The molecule has 1 amide bonds. The maximum atomic E-state index is 11.0. The lowest BCUT2D eigenvalue weighted by molar-refractivity contribution is -0.120. The number of nitrogens with two attached hydrogens (primary N) is 1. The number of rotatable bonds is 2. The number of hydrazine groups is 1. The highest BCUT2D eigenvalue weighted by atomic mass is 16.2. The maximum absolute atomic E-state index is 11.0. The molecule has 0 radical (unpaired) electrons. The van der Waals surface area contributed by atoms with E-state index in [9.17, 15) is 4.79 Å². The maximum Gasteiger partial charge on any atom is 0.238 e. The van der Waals surface area contributed by atoms with Crippen molar-refractivity contribution >= 4 is 5.91 Å². The number of amides is 1. The molecule has 0 saturated carbocycles. The van der Waals surface area contributed by atoms with Crippen molar-refractivity contribution in [1.29, 1.82) is 0 Å². The summed E-state index contributed by atoms with van der Waals surface area (Å²) in [5, 5.41) is 0. The lowest BCUT2D eigenvalue weighted by Crippen LogP contribution is -2.31. The van der Waals surface area contributed by atoms with Crippen molar-refractivity contribution in [3.05, 3.63) is 34.9 Å². The van der Waals surface area contributed by atoms with Crippen LogP contribution in [0.5, 0.6) is 0 Å². The van der Waals surface area contributed by atoms with Crippen LogP contribution in [0.1, 0.15) is 16.7 Å². The fraction of sp³-hybridized carbons (Fsp3) is 0.300. The van der Waals surface area contributed by atoms with E-state index in [2.05, 4.69) is 11.5 Å². The number of carbonyl (C=O) groups excluding carboxylic acids is 1. The zero-order chi connectivity index (χ0) is 9.84. The van der Waals surface area contributed by atoms with E-state index in [-0.39, 0.29) is 5.91 Å². The Kier molecular flexibility index (Phi) is 3.03. The molecule has 0 fully saturated rings. The van der Waals surface area contributed by atoms with E-state index in [1.807, 2.05) is 26.0 Å². The first-order valence-corrected chi connectivity index (χ1v) is 4.19. The van der Waals surface area contributed by atoms with Crippen LogP contribution < -0.4 is 11.3 Å². The molecule has 0 aliphatic rings. The van der Waals surface area contributed by atoms with Gasteiger partial charge in [0.1, 0.15) is 0 Å². The van der Waals surface area contributed by atoms with E-state index in [0.717, 1.165) is 11.1 Å². The third-order valence-corrected chi connectivity index (χ3v) is 2.01. The highest BCUT2D eigenvalue weighted by Gasteiger charge is 2.03. The van der Waals surface area contributed by atoms with Gasteiger partial charge in [0.25, 0.3) is 0 Å². The number of carbonyl (C=O) groups is 1. The number of aryl methyl sites for hydroxylation is 2. The minimum absolute atomic E-state index is 0.160. The summed E-state index contributed by atoms with van der Waals surface area (Å²) < 4.78 is 0. The van der Waals surface area contributed by atoms with Crippen molar-refractivity contribution in [1.82, 2.24) is 5.43 Å². The zero-order valence-electron chi connectivity index (χ0n) is 7.92. The fourth-order valence-corrected chi connectivity index (χ4v) is 1.27. The molecule has 1 rings (SSSR count). The molecule has 0 heterocycles. The normalized spacial score (nSPS) is 9.77. The second-order valence-corrected chi connectivity index (χ2v) is 3.17.